The molecule has 0 aromatic heterocycles. The number of piperazine rings is 1. The summed E-state index contributed by atoms with van der Waals surface area (Å²) in [6.45, 7) is 2.89. The van der Waals surface area contributed by atoms with Crippen LogP contribution in [0.4, 0.5) is 17.6 Å². The van der Waals surface area contributed by atoms with Crippen LogP contribution in [0.1, 0.15) is 24.4 Å². The van der Waals surface area contributed by atoms with E-state index in [-0.39, 0.29) is 41.7 Å². The minimum absolute atomic E-state index is 0. The van der Waals surface area contributed by atoms with Gasteiger partial charge in [0.15, 0.2) is 0 Å². The zero-order valence-corrected chi connectivity index (χ0v) is 15.4. The molecule has 1 saturated heterocycles. The summed E-state index contributed by atoms with van der Waals surface area (Å²) in [6, 6.07) is 4.11. The molecule has 23 heavy (non-hydrogen) atoms. The molecule has 0 radical (unpaired) electrons. The van der Waals surface area contributed by atoms with Crippen molar-refractivity contribution in [1.82, 2.24) is 10.2 Å². The monoisotopic (exact) mass is 440 g/mol. The lowest BCUT2D eigenvalue weighted by molar-refractivity contribution is -0.138. The van der Waals surface area contributed by atoms with Gasteiger partial charge in [-0.15, -0.1) is 24.8 Å². The van der Waals surface area contributed by atoms with Crippen molar-refractivity contribution in [2.75, 3.05) is 26.2 Å². The molecule has 1 heterocycles. The summed E-state index contributed by atoms with van der Waals surface area (Å²) in [4.78, 5) is 2.03. The van der Waals surface area contributed by atoms with Crippen molar-refractivity contribution in [2.45, 2.75) is 25.1 Å². The normalized spacial score (nSPS) is 17.1. The molecule has 1 atom stereocenters. The number of benzene rings is 1. The molecule has 0 unspecified atom stereocenters. The van der Waals surface area contributed by atoms with Gasteiger partial charge in [-0.2, -0.15) is 13.2 Å². The lowest BCUT2D eigenvalue weighted by Crippen LogP contribution is -2.45. The fraction of sp³-hybridized carbons (Fsp3) is 0.571. The topological polar surface area (TPSA) is 15.3 Å². The maximum Gasteiger partial charge on any atom is 0.389 e. The van der Waals surface area contributed by atoms with Crippen molar-refractivity contribution in [1.29, 1.82) is 0 Å². The largest absolute Gasteiger partial charge is 0.389 e. The highest BCUT2D eigenvalue weighted by molar-refractivity contribution is 9.10. The molecule has 2 nitrogen and oxygen atoms in total. The Kier molecular flexibility index (Phi) is 10.00. The first-order valence-corrected chi connectivity index (χ1v) is 7.62. The standard InChI is InChI=1S/C14H17BrF4N2.2ClH/c15-11-9-10(1-2-12(11)16)13(3-4-14(17,18)19)21-7-5-20-6-8-21;;/h1-2,9,13,20H,3-8H2;2*1H/t13-;;/m1../s1. The fourth-order valence-corrected chi connectivity index (χ4v) is 2.97. The Labute approximate surface area is 153 Å². The molecule has 2 rings (SSSR count). The van der Waals surface area contributed by atoms with Crippen LogP contribution in [0.3, 0.4) is 0 Å². The van der Waals surface area contributed by atoms with Gasteiger partial charge in [0.2, 0.25) is 0 Å². The van der Waals surface area contributed by atoms with Crippen molar-refractivity contribution in [3.63, 3.8) is 0 Å². The van der Waals surface area contributed by atoms with Gasteiger partial charge in [-0.25, -0.2) is 4.39 Å². The van der Waals surface area contributed by atoms with E-state index in [1.54, 1.807) is 12.1 Å². The highest BCUT2D eigenvalue weighted by Crippen LogP contribution is 2.33. The fourth-order valence-electron chi connectivity index (χ4n) is 2.57. The predicted molar refractivity (Wildman–Crippen MR) is 91.1 cm³/mol. The summed E-state index contributed by atoms with van der Waals surface area (Å²) in [5.41, 5.74) is 0.717. The van der Waals surface area contributed by atoms with E-state index in [0.717, 1.165) is 18.7 Å². The zero-order valence-electron chi connectivity index (χ0n) is 12.2. The third-order valence-corrected chi connectivity index (χ3v) is 4.23. The summed E-state index contributed by atoms with van der Waals surface area (Å²) in [5, 5.41) is 3.18. The Bertz CT molecular complexity index is 482. The van der Waals surface area contributed by atoms with Crippen LogP contribution in [0.5, 0.6) is 0 Å². The lowest BCUT2D eigenvalue weighted by atomic mass is 9.99. The summed E-state index contributed by atoms with van der Waals surface area (Å²) in [5.74, 6) is -0.409. The van der Waals surface area contributed by atoms with Crippen LogP contribution in [0.25, 0.3) is 0 Å². The Morgan fingerprint density at radius 1 is 1.17 bits per heavy atom. The van der Waals surface area contributed by atoms with E-state index in [4.69, 9.17) is 0 Å². The zero-order chi connectivity index (χ0) is 15.5. The lowest BCUT2D eigenvalue weighted by Gasteiger charge is -2.35. The highest BCUT2D eigenvalue weighted by atomic mass is 79.9. The molecule has 1 aromatic carbocycles. The smallest absolute Gasteiger partial charge is 0.314 e. The van der Waals surface area contributed by atoms with Gasteiger partial charge in [0, 0.05) is 38.6 Å². The molecule has 0 bridgehead atoms. The van der Waals surface area contributed by atoms with E-state index < -0.39 is 18.4 Å². The third kappa shape index (κ3) is 7.13. The number of nitrogens with zero attached hydrogens (tertiary/aromatic N) is 1. The molecule has 1 N–H and O–H groups in total. The number of hydrogen-bond donors (Lipinski definition) is 1. The summed E-state index contributed by atoms with van der Waals surface area (Å²) < 4.78 is 51.2. The molecule has 134 valence electrons. The average Bonchev–Trinajstić information content (AvgIpc) is 2.43. The Morgan fingerprint density at radius 2 is 1.78 bits per heavy atom. The van der Waals surface area contributed by atoms with Gasteiger partial charge < -0.3 is 5.32 Å². The number of halogens is 7. The first-order valence-electron chi connectivity index (χ1n) is 6.83. The van der Waals surface area contributed by atoms with Crippen LogP contribution in [0.2, 0.25) is 0 Å². The molecule has 0 aliphatic carbocycles. The molecular weight excluding hydrogens is 423 g/mol. The van der Waals surface area contributed by atoms with Crippen molar-refractivity contribution in [2.24, 2.45) is 0 Å². The molecule has 1 aromatic rings. The number of alkyl halides is 3. The van der Waals surface area contributed by atoms with Gasteiger partial charge in [0.1, 0.15) is 5.82 Å². The predicted octanol–water partition coefficient (Wildman–Crippen LogP) is 4.72. The third-order valence-electron chi connectivity index (χ3n) is 3.62. The van der Waals surface area contributed by atoms with Crippen molar-refractivity contribution in [3.8, 4) is 0 Å². The maximum absolute atomic E-state index is 13.3. The summed E-state index contributed by atoms with van der Waals surface area (Å²) >= 11 is 3.10. The van der Waals surface area contributed by atoms with Crippen LogP contribution in [0.15, 0.2) is 22.7 Å². The van der Waals surface area contributed by atoms with Gasteiger partial charge in [-0.3, -0.25) is 4.90 Å². The van der Waals surface area contributed by atoms with E-state index in [2.05, 4.69) is 21.2 Å². The molecule has 1 aliphatic heterocycles. The van der Waals surface area contributed by atoms with Crippen molar-refractivity contribution < 1.29 is 17.6 Å². The minimum atomic E-state index is -4.18. The van der Waals surface area contributed by atoms with E-state index in [0.29, 0.717) is 13.1 Å². The van der Waals surface area contributed by atoms with Crippen LogP contribution in [-0.2, 0) is 0 Å². The van der Waals surface area contributed by atoms with Crippen molar-refractivity contribution >= 4 is 40.7 Å². The summed E-state index contributed by atoms with van der Waals surface area (Å²) in [7, 11) is 0. The molecule has 0 spiro atoms. The maximum atomic E-state index is 13.3. The minimum Gasteiger partial charge on any atom is -0.314 e. The molecule has 0 amide bonds. The van der Waals surface area contributed by atoms with Crippen LogP contribution >= 0.6 is 40.7 Å². The summed E-state index contributed by atoms with van der Waals surface area (Å²) in [6.07, 6.45) is -5.03. The molecule has 1 aliphatic rings. The SMILES string of the molecule is Cl.Cl.Fc1ccc([C@@H](CCC(F)(F)F)N2CCNCC2)cc1Br. The van der Waals surface area contributed by atoms with Crippen molar-refractivity contribution in [3.05, 3.63) is 34.1 Å². The van der Waals surface area contributed by atoms with Crippen LogP contribution in [0, 0.1) is 5.82 Å². The number of hydrogen-bond acceptors (Lipinski definition) is 2. The van der Waals surface area contributed by atoms with E-state index in [1.165, 1.54) is 6.07 Å². The van der Waals surface area contributed by atoms with Gasteiger partial charge in [0.25, 0.3) is 0 Å². The molecular formula is C14H19BrCl2F4N2. The van der Waals surface area contributed by atoms with E-state index >= 15 is 0 Å². The Morgan fingerprint density at radius 3 is 2.30 bits per heavy atom. The van der Waals surface area contributed by atoms with Gasteiger partial charge in [-0.05, 0) is 40.0 Å². The van der Waals surface area contributed by atoms with E-state index in [1.807, 2.05) is 4.90 Å². The first kappa shape index (κ1) is 22.9. The first-order chi connectivity index (χ1) is 9.87. The van der Waals surface area contributed by atoms with E-state index in [9.17, 15) is 17.6 Å². The van der Waals surface area contributed by atoms with Gasteiger partial charge in [-0.1, -0.05) is 6.07 Å². The Balaban J connectivity index is 0.00000242. The van der Waals surface area contributed by atoms with Crippen LogP contribution in [-0.4, -0.2) is 37.3 Å². The van der Waals surface area contributed by atoms with Crippen LogP contribution < -0.4 is 5.32 Å². The van der Waals surface area contributed by atoms with Gasteiger partial charge >= 0.3 is 6.18 Å². The Hall–Kier alpha value is -0.0800. The molecule has 0 saturated carbocycles. The quantitative estimate of drug-likeness (QED) is 0.680. The molecule has 1 fully saturated rings. The molecule has 9 heteroatoms. The van der Waals surface area contributed by atoms with Gasteiger partial charge in [0.05, 0.1) is 4.47 Å². The average molecular weight is 442 g/mol. The number of nitrogens with one attached hydrogen (secondary N) is 1. The second-order valence-electron chi connectivity index (χ2n) is 5.13. The number of rotatable bonds is 4. The highest BCUT2D eigenvalue weighted by Gasteiger charge is 2.31. The second kappa shape index (κ2) is 10.0. The second-order valence-corrected chi connectivity index (χ2v) is 5.98.